The highest BCUT2D eigenvalue weighted by Crippen LogP contribution is 2.33. The Kier molecular flexibility index (Phi) is 4.33. The lowest BCUT2D eigenvalue weighted by molar-refractivity contribution is -0.137. The highest BCUT2D eigenvalue weighted by molar-refractivity contribution is 5.79. The number of likely N-dealkylation sites (tertiary alicyclic amines) is 1. The SMILES string of the molecule is Cc1nc([C@@H]2CCCN2C(=O)C2CCN(c3ncccn3)CC2)no1. The van der Waals surface area contributed by atoms with E-state index in [1.807, 2.05) is 11.0 Å². The van der Waals surface area contributed by atoms with Gasteiger partial charge in [0.15, 0.2) is 5.82 Å². The van der Waals surface area contributed by atoms with Crippen LogP contribution in [-0.2, 0) is 4.79 Å². The fourth-order valence-electron chi connectivity index (χ4n) is 3.76. The Bertz CT molecular complexity index is 726. The number of amides is 1. The van der Waals surface area contributed by atoms with Gasteiger partial charge in [0.1, 0.15) is 0 Å². The maximum atomic E-state index is 13.0. The fourth-order valence-corrected chi connectivity index (χ4v) is 3.76. The van der Waals surface area contributed by atoms with Crippen molar-refractivity contribution in [1.82, 2.24) is 25.0 Å². The third-order valence-electron chi connectivity index (χ3n) is 5.06. The van der Waals surface area contributed by atoms with Crippen molar-refractivity contribution in [1.29, 1.82) is 0 Å². The van der Waals surface area contributed by atoms with Crippen LogP contribution >= 0.6 is 0 Å². The van der Waals surface area contributed by atoms with Gasteiger partial charge in [-0.05, 0) is 31.7 Å². The van der Waals surface area contributed by atoms with E-state index >= 15 is 0 Å². The van der Waals surface area contributed by atoms with Gasteiger partial charge in [0.2, 0.25) is 17.7 Å². The van der Waals surface area contributed by atoms with E-state index in [1.54, 1.807) is 19.3 Å². The van der Waals surface area contributed by atoms with Gasteiger partial charge in [0, 0.05) is 44.9 Å². The first kappa shape index (κ1) is 16.0. The lowest BCUT2D eigenvalue weighted by Gasteiger charge is -2.34. The van der Waals surface area contributed by atoms with Crippen LogP contribution in [0.15, 0.2) is 23.0 Å². The predicted molar refractivity (Wildman–Crippen MR) is 89.7 cm³/mol. The molecule has 0 aliphatic carbocycles. The number of aryl methyl sites for hydroxylation is 1. The molecule has 0 radical (unpaired) electrons. The molecule has 8 heteroatoms. The Morgan fingerprint density at radius 2 is 1.92 bits per heavy atom. The summed E-state index contributed by atoms with van der Waals surface area (Å²) in [4.78, 5) is 30.0. The van der Waals surface area contributed by atoms with Crippen LogP contribution in [0.5, 0.6) is 0 Å². The number of anilines is 1. The van der Waals surface area contributed by atoms with Crippen molar-refractivity contribution in [3.63, 3.8) is 0 Å². The molecule has 4 heterocycles. The number of hydrogen-bond donors (Lipinski definition) is 0. The van der Waals surface area contributed by atoms with Crippen LogP contribution in [0.1, 0.15) is 43.4 Å². The number of nitrogens with zero attached hydrogens (tertiary/aromatic N) is 6. The molecular weight excluding hydrogens is 320 g/mol. The summed E-state index contributed by atoms with van der Waals surface area (Å²) in [6, 6.07) is 1.77. The Balaban J connectivity index is 1.40. The molecule has 1 amide bonds. The molecule has 2 fully saturated rings. The molecule has 132 valence electrons. The monoisotopic (exact) mass is 342 g/mol. The number of hydrogen-bond acceptors (Lipinski definition) is 7. The minimum absolute atomic E-state index is 0.0413. The number of carbonyl (C=O) groups is 1. The number of carbonyl (C=O) groups excluding carboxylic acids is 1. The largest absolute Gasteiger partial charge is 0.341 e. The average molecular weight is 342 g/mol. The molecule has 2 aliphatic heterocycles. The first-order valence-electron chi connectivity index (χ1n) is 8.85. The van der Waals surface area contributed by atoms with E-state index in [1.165, 1.54) is 0 Å². The fraction of sp³-hybridized carbons (Fsp3) is 0.588. The zero-order valence-corrected chi connectivity index (χ0v) is 14.3. The lowest BCUT2D eigenvalue weighted by Crippen LogP contribution is -2.43. The number of piperidine rings is 1. The Hall–Kier alpha value is -2.51. The van der Waals surface area contributed by atoms with Gasteiger partial charge in [0.25, 0.3) is 0 Å². The van der Waals surface area contributed by atoms with Crippen molar-refractivity contribution < 1.29 is 9.32 Å². The lowest BCUT2D eigenvalue weighted by atomic mass is 9.95. The van der Waals surface area contributed by atoms with Gasteiger partial charge in [-0.15, -0.1) is 0 Å². The molecule has 0 aromatic carbocycles. The highest BCUT2D eigenvalue weighted by atomic mass is 16.5. The molecule has 0 unspecified atom stereocenters. The van der Waals surface area contributed by atoms with Crippen LogP contribution in [0.3, 0.4) is 0 Å². The zero-order chi connectivity index (χ0) is 17.2. The van der Waals surface area contributed by atoms with E-state index in [0.717, 1.165) is 51.3 Å². The van der Waals surface area contributed by atoms with Gasteiger partial charge >= 0.3 is 0 Å². The second-order valence-corrected chi connectivity index (χ2v) is 6.67. The molecule has 0 spiro atoms. The van der Waals surface area contributed by atoms with E-state index in [0.29, 0.717) is 11.7 Å². The minimum Gasteiger partial charge on any atom is -0.341 e. The van der Waals surface area contributed by atoms with E-state index in [4.69, 9.17) is 4.52 Å². The first-order chi connectivity index (χ1) is 12.2. The standard InChI is InChI=1S/C17H22N6O2/c1-12-20-15(21-25-12)14-4-2-9-23(14)16(24)13-5-10-22(11-6-13)17-18-7-3-8-19-17/h3,7-8,13-14H,2,4-6,9-11H2,1H3/t14-/m0/s1. The maximum absolute atomic E-state index is 13.0. The number of aromatic nitrogens is 4. The molecular formula is C17H22N6O2. The molecule has 8 nitrogen and oxygen atoms in total. The van der Waals surface area contributed by atoms with Crippen LogP contribution in [0.25, 0.3) is 0 Å². The second kappa shape index (κ2) is 6.78. The Labute approximate surface area is 146 Å². The van der Waals surface area contributed by atoms with E-state index in [2.05, 4.69) is 25.0 Å². The quantitative estimate of drug-likeness (QED) is 0.839. The highest BCUT2D eigenvalue weighted by Gasteiger charge is 2.37. The van der Waals surface area contributed by atoms with Gasteiger partial charge in [-0.2, -0.15) is 4.98 Å². The Morgan fingerprint density at radius 3 is 2.60 bits per heavy atom. The van der Waals surface area contributed by atoms with Gasteiger partial charge in [-0.25, -0.2) is 9.97 Å². The molecule has 2 aromatic rings. The van der Waals surface area contributed by atoms with Crippen LogP contribution in [0.2, 0.25) is 0 Å². The van der Waals surface area contributed by atoms with Crippen molar-refractivity contribution in [2.45, 2.75) is 38.6 Å². The summed E-state index contributed by atoms with van der Waals surface area (Å²) in [5.41, 5.74) is 0. The van der Waals surface area contributed by atoms with Crippen LogP contribution in [-0.4, -0.2) is 50.5 Å². The summed E-state index contributed by atoms with van der Waals surface area (Å²) in [6.07, 6.45) is 7.04. The number of rotatable bonds is 3. The van der Waals surface area contributed by atoms with Gasteiger partial charge < -0.3 is 14.3 Å². The molecule has 0 bridgehead atoms. The van der Waals surface area contributed by atoms with E-state index in [9.17, 15) is 4.79 Å². The summed E-state index contributed by atoms with van der Waals surface area (Å²) < 4.78 is 5.09. The third kappa shape index (κ3) is 3.20. The smallest absolute Gasteiger partial charge is 0.226 e. The summed E-state index contributed by atoms with van der Waals surface area (Å²) >= 11 is 0. The molecule has 25 heavy (non-hydrogen) atoms. The second-order valence-electron chi connectivity index (χ2n) is 6.67. The molecule has 2 aromatic heterocycles. The molecule has 2 aliphatic rings. The van der Waals surface area contributed by atoms with Crippen molar-refractivity contribution in [2.75, 3.05) is 24.5 Å². The normalized spacial score (nSPS) is 21.7. The maximum Gasteiger partial charge on any atom is 0.226 e. The molecule has 0 N–H and O–H groups in total. The summed E-state index contributed by atoms with van der Waals surface area (Å²) in [5, 5.41) is 4.02. The van der Waals surface area contributed by atoms with Crippen LogP contribution in [0, 0.1) is 12.8 Å². The Morgan fingerprint density at radius 1 is 1.16 bits per heavy atom. The van der Waals surface area contributed by atoms with Crippen molar-refractivity contribution in [3.8, 4) is 0 Å². The van der Waals surface area contributed by atoms with E-state index < -0.39 is 0 Å². The minimum atomic E-state index is -0.0413. The van der Waals surface area contributed by atoms with Crippen molar-refractivity contribution >= 4 is 11.9 Å². The first-order valence-corrected chi connectivity index (χ1v) is 8.85. The van der Waals surface area contributed by atoms with Gasteiger partial charge in [-0.1, -0.05) is 5.16 Å². The molecule has 4 rings (SSSR count). The molecule has 2 saturated heterocycles. The third-order valence-corrected chi connectivity index (χ3v) is 5.06. The summed E-state index contributed by atoms with van der Waals surface area (Å²) in [5.74, 6) is 2.20. The van der Waals surface area contributed by atoms with Crippen LogP contribution < -0.4 is 4.90 Å². The zero-order valence-electron chi connectivity index (χ0n) is 14.3. The van der Waals surface area contributed by atoms with Crippen LogP contribution in [0.4, 0.5) is 5.95 Å². The van der Waals surface area contributed by atoms with Gasteiger partial charge in [0.05, 0.1) is 6.04 Å². The van der Waals surface area contributed by atoms with Crippen molar-refractivity contribution in [3.05, 3.63) is 30.2 Å². The van der Waals surface area contributed by atoms with Gasteiger partial charge in [-0.3, -0.25) is 4.79 Å². The topological polar surface area (TPSA) is 88.3 Å². The molecule has 1 atom stereocenters. The summed E-state index contributed by atoms with van der Waals surface area (Å²) in [7, 11) is 0. The molecule has 0 saturated carbocycles. The predicted octanol–water partition coefficient (Wildman–Crippen LogP) is 1.75. The average Bonchev–Trinajstić information content (AvgIpc) is 3.31. The summed E-state index contributed by atoms with van der Waals surface area (Å²) in [6.45, 7) is 4.17. The van der Waals surface area contributed by atoms with Crippen molar-refractivity contribution in [2.24, 2.45) is 5.92 Å². The van der Waals surface area contributed by atoms with E-state index in [-0.39, 0.29) is 17.9 Å².